The summed E-state index contributed by atoms with van der Waals surface area (Å²) >= 11 is 0. The SMILES string of the molecule is Cc1ccc(OCC(=O)N2CCN(C(=O)[C@H]3NCCO[C@@H]3C)CC2)cc1. The molecule has 1 N–H and O–H groups in total. The molecule has 2 saturated heterocycles. The van der Waals surface area contributed by atoms with Crippen LogP contribution >= 0.6 is 0 Å². The van der Waals surface area contributed by atoms with Crippen molar-refractivity contribution in [3.05, 3.63) is 29.8 Å². The van der Waals surface area contributed by atoms with Gasteiger partial charge < -0.3 is 24.6 Å². The zero-order chi connectivity index (χ0) is 18.5. The van der Waals surface area contributed by atoms with E-state index in [1.165, 1.54) is 0 Å². The maximum Gasteiger partial charge on any atom is 0.260 e. The Balaban J connectivity index is 1.44. The van der Waals surface area contributed by atoms with Gasteiger partial charge >= 0.3 is 0 Å². The molecule has 0 saturated carbocycles. The van der Waals surface area contributed by atoms with Gasteiger partial charge in [-0.3, -0.25) is 9.59 Å². The molecule has 0 bridgehead atoms. The van der Waals surface area contributed by atoms with Crippen molar-refractivity contribution >= 4 is 11.8 Å². The number of aryl methyl sites for hydroxylation is 1. The molecular formula is C19H27N3O4. The Kier molecular flexibility index (Phi) is 6.11. The van der Waals surface area contributed by atoms with E-state index in [0.29, 0.717) is 45.1 Å². The molecule has 3 rings (SSSR count). The van der Waals surface area contributed by atoms with E-state index < -0.39 is 0 Å². The maximum absolute atomic E-state index is 12.6. The molecule has 7 heteroatoms. The van der Waals surface area contributed by atoms with Crippen molar-refractivity contribution < 1.29 is 19.1 Å². The van der Waals surface area contributed by atoms with Crippen molar-refractivity contribution in [1.82, 2.24) is 15.1 Å². The molecule has 2 amide bonds. The number of amides is 2. The van der Waals surface area contributed by atoms with Gasteiger partial charge in [-0.25, -0.2) is 0 Å². The van der Waals surface area contributed by atoms with Crippen LogP contribution in [0.5, 0.6) is 5.75 Å². The Morgan fingerprint density at radius 3 is 2.46 bits per heavy atom. The predicted molar refractivity (Wildman–Crippen MR) is 97.0 cm³/mol. The first-order valence-corrected chi connectivity index (χ1v) is 9.15. The lowest BCUT2D eigenvalue weighted by Crippen LogP contribution is -2.60. The Labute approximate surface area is 154 Å². The molecule has 2 heterocycles. The lowest BCUT2D eigenvalue weighted by molar-refractivity contribution is -0.145. The molecule has 1 aromatic carbocycles. The van der Waals surface area contributed by atoms with Crippen LogP contribution in [0, 0.1) is 6.92 Å². The average Bonchev–Trinajstić information content (AvgIpc) is 2.67. The van der Waals surface area contributed by atoms with E-state index >= 15 is 0 Å². The quantitative estimate of drug-likeness (QED) is 0.842. The third-order valence-electron chi connectivity index (χ3n) is 4.91. The number of nitrogens with zero attached hydrogens (tertiary/aromatic N) is 2. The van der Waals surface area contributed by atoms with Crippen LogP contribution in [-0.2, 0) is 14.3 Å². The van der Waals surface area contributed by atoms with Crippen molar-refractivity contribution in [2.75, 3.05) is 45.9 Å². The number of hydrogen-bond donors (Lipinski definition) is 1. The highest BCUT2D eigenvalue weighted by Crippen LogP contribution is 2.13. The Morgan fingerprint density at radius 2 is 1.81 bits per heavy atom. The maximum atomic E-state index is 12.6. The first-order valence-electron chi connectivity index (χ1n) is 9.15. The molecule has 2 fully saturated rings. The van der Waals surface area contributed by atoms with Crippen molar-refractivity contribution in [1.29, 1.82) is 0 Å². The van der Waals surface area contributed by atoms with Gasteiger partial charge in [-0.05, 0) is 26.0 Å². The standard InChI is InChI=1S/C19H27N3O4/c1-14-3-5-16(6-4-14)26-13-17(23)21-8-10-22(11-9-21)19(24)18-15(2)25-12-7-20-18/h3-6,15,18,20H,7-13H2,1-2H3/t15-,18+/m1/s1. The van der Waals surface area contributed by atoms with Crippen LogP contribution in [0.2, 0.25) is 0 Å². The van der Waals surface area contributed by atoms with Gasteiger partial charge in [0.2, 0.25) is 5.91 Å². The molecular weight excluding hydrogens is 334 g/mol. The molecule has 7 nitrogen and oxygen atoms in total. The monoisotopic (exact) mass is 361 g/mol. The second-order valence-corrected chi connectivity index (χ2v) is 6.82. The number of morpholine rings is 1. The molecule has 2 aliphatic rings. The van der Waals surface area contributed by atoms with Crippen LogP contribution in [0.3, 0.4) is 0 Å². The Hall–Kier alpha value is -2.12. The zero-order valence-corrected chi connectivity index (χ0v) is 15.4. The van der Waals surface area contributed by atoms with Gasteiger partial charge in [0.05, 0.1) is 12.7 Å². The topological polar surface area (TPSA) is 71.1 Å². The fourth-order valence-electron chi connectivity index (χ4n) is 3.25. The van der Waals surface area contributed by atoms with Crippen molar-refractivity contribution in [3.63, 3.8) is 0 Å². The van der Waals surface area contributed by atoms with E-state index in [1.807, 2.05) is 43.0 Å². The molecule has 142 valence electrons. The first kappa shape index (κ1) is 18.7. The van der Waals surface area contributed by atoms with Gasteiger partial charge in [0.15, 0.2) is 6.61 Å². The van der Waals surface area contributed by atoms with Gasteiger partial charge in [0.1, 0.15) is 11.8 Å². The second-order valence-electron chi connectivity index (χ2n) is 6.82. The normalized spacial score (nSPS) is 23.6. The van der Waals surface area contributed by atoms with Crippen LogP contribution < -0.4 is 10.1 Å². The number of hydrogen-bond acceptors (Lipinski definition) is 5. The van der Waals surface area contributed by atoms with Gasteiger partial charge in [0, 0.05) is 32.7 Å². The molecule has 0 aromatic heterocycles. The van der Waals surface area contributed by atoms with Crippen LogP contribution in [0.15, 0.2) is 24.3 Å². The van der Waals surface area contributed by atoms with E-state index in [9.17, 15) is 9.59 Å². The van der Waals surface area contributed by atoms with Crippen LogP contribution in [0.25, 0.3) is 0 Å². The van der Waals surface area contributed by atoms with Gasteiger partial charge in [-0.15, -0.1) is 0 Å². The summed E-state index contributed by atoms with van der Waals surface area (Å²) in [7, 11) is 0. The fraction of sp³-hybridized carbons (Fsp3) is 0.579. The van der Waals surface area contributed by atoms with Gasteiger partial charge in [0.25, 0.3) is 5.91 Å². The van der Waals surface area contributed by atoms with Crippen LogP contribution in [0.1, 0.15) is 12.5 Å². The molecule has 0 radical (unpaired) electrons. The summed E-state index contributed by atoms with van der Waals surface area (Å²) in [5.41, 5.74) is 1.15. The number of ether oxygens (including phenoxy) is 2. The van der Waals surface area contributed by atoms with Gasteiger partial charge in [-0.1, -0.05) is 17.7 Å². The largest absolute Gasteiger partial charge is 0.484 e. The summed E-state index contributed by atoms with van der Waals surface area (Å²) in [6.45, 7) is 7.41. The highest BCUT2D eigenvalue weighted by Gasteiger charge is 2.33. The fourth-order valence-corrected chi connectivity index (χ4v) is 3.25. The Bertz CT molecular complexity index is 626. The number of benzene rings is 1. The van der Waals surface area contributed by atoms with Crippen molar-refractivity contribution in [3.8, 4) is 5.75 Å². The number of carbonyl (C=O) groups excluding carboxylic acids is 2. The van der Waals surface area contributed by atoms with E-state index in [4.69, 9.17) is 9.47 Å². The predicted octanol–water partition coefficient (Wildman–Crippen LogP) is 0.422. The highest BCUT2D eigenvalue weighted by molar-refractivity contribution is 5.83. The third kappa shape index (κ3) is 4.53. The second kappa shape index (κ2) is 8.51. The number of nitrogens with one attached hydrogen (secondary N) is 1. The minimum absolute atomic E-state index is 0.0199. The van der Waals surface area contributed by atoms with Crippen LogP contribution in [-0.4, -0.2) is 79.7 Å². The van der Waals surface area contributed by atoms with Crippen LogP contribution in [0.4, 0.5) is 0 Å². The smallest absolute Gasteiger partial charge is 0.260 e. The lowest BCUT2D eigenvalue weighted by atomic mass is 10.1. The molecule has 1 aromatic rings. The average molecular weight is 361 g/mol. The molecule has 0 spiro atoms. The number of carbonyl (C=O) groups is 2. The molecule has 26 heavy (non-hydrogen) atoms. The molecule has 2 aliphatic heterocycles. The summed E-state index contributed by atoms with van der Waals surface area (Å²) in [6, 6.07) is 7.33. The minimum atomic E-state index is -0.295. The zero-order valence-electron chi connectivity index (χ0n) is 15.4. The number of piperazine rings is 1. The molecule has 2 atom stereocenters. The summed E-state index contributed by atoms with van der Waals surface area (Å²) in [6.07, 6.45) is -0.126. The molecule has 0 unspecified atom stereocenters. The van der Waals surface area contributed by atoms with Crippen molar-refractivity contribution in [2.24, 2.45) is 0 Å². The minimum Gasteiger partial charge on any atom is -0.484 e. The summed E-state index contributed by atoms with van der Waals surface area (Å²) in [4.78, 5) is 28.5. The number of rotatable bonds is 4. The van der Waals surface area contributed by atoms with E-state index in [0.717, 1.165) is 5.56 Å². The van der Waals surface area contributed by atoms with E-state index in [-0.39, 0.29) is 30.6 Å². The summed E-state index contributed by atoms with van der Waals surface area (Å²) < 4.78 is 11.1. The Morgan fingerprint density at radius 1 is 1.15 bits per heavy atom. The lowest BCUT2D eigenvalue weighted by Gasteiger charge is -2.38. The highest BCUT2D eigenvalue weighted by atomic mass is 16.5. The van der Waals surface area contributed by atoms with E-state index in [2.05, 4.69) is 5.32 Å². The summed E-state index contributed by atoms with van der Waals surface area (Å²) in [5, 5.41) is 3.23. The van der Waals surface area contributed by atoms with Gasteiger partial charge in [-0.2, -0.15) is 0 Å². The van der Waals surface area contributed by atoms with Crippen molar-refractivity contribution in [2.45, 2.75) is 26.0 Å². The third-order valence-corrected chi connectivity index (χ3v) is 4.91. The first-order chi connectivity index (χ1) is 12.5. The molecule has 0 aliphatic carbocycles. The summed E-state index contributed by atoms with van der Waals surface area (Å²) in [5.74, 6) is 0.695. The van der Waals surface area contributed by atoms with E-state index in [1.54, 1.807) is 4.90 Å².